The number of halogens is 3. The Hall–Kier alpha value is -2.38. The zero-order chi connectivity index (χ0) is 18.3. The van der Waals surface area contributed by atoms with Crippen molar-refractivity contribution in [1.82, 2.24) is 20.1 Å². The minimum atomic E-state index is -1.48. The number of aryl methyl sites for hydroxylation is 1. The molecular weight excluding hydrogens is 345 g/mol. The highest BCUT2D eigenvalue weighted by Crippen LogP contribution is 2.48. The Bertz CT molecular complexity index is 828. The molecule has 2 heterocycles. The second-order valence-corrected chi connectivity index (χ2v) is 6.96. The van der Waals surface area contributed by atoms with E-state index >= 15 is 0 Å². The van der Waals surface area contributed by atoms with Crippen molar-refractivity contribution < 1.29 is 18.0 Å². The number of carbonyl (C=O) groups is 1. The number of aromatic nitrogens is 3. The fraction of sp³-hybridized carbons (Fsp3) is 0.500. The molecule has 138 valence electrons. The summed E-state index contributed by atoms with van der Waals surface area (Å²) in [5.74, 6) is -3.08. The zero-order valence-electron chi connectivity index (χ0n) is 14.1. The van der Waals surface area contributed by atoms with Crippen LogP contribution in [0.25, 0.3) is 0 Å². The molecule has 0 saturated heterocycles. The van der Waals surface area contributed by atoms with E-state index in [-0.39, 0.29) is 24.3 Å². The van der Waals surface area contributed by atoms with Gasteiger partial charge in [0.15, 0.2) is 23.3 Å². The van der Waals surface area contributed by atoms with Gasteiger partial charge in [0.1, 0.15) is 5.82 Å². The number of nitrogens with zero attached hydrogens (tertiary/aromatic N) is 3. The van der Waals surface area contributed by atoms with Crippen molar-refractivity contribution in [2.45, 2.75) is 51.1 Å². The van der Waals surface area contributed by atoms with Crippen molar-refractivity contribution in [3.05, 3.63) is 46.8 Å². The molecule has 1 aliphatic carbocycles. The third-order valence-electron chi connectivity index (χ3n) is 5.17. The lowest BCUT2D eigenvalue weighted by Gasteiger charge is -2.08. The Kier molecular flexibility index (Phi) is 4.42. The van der Waals surface area contributed by atoms with Crippen LogP contribution in [0.2, 0.25) is 0 Å². The van der Waals surface area contributed by atoms with E-state index in [4.69, 9.17) is 0 Å². The van der Waals surface area contributed by atoms with Crippen LogP contribution < -0.4 is 5.32 Å². The fourth-order valence-electron chi connectivity index (χ4n) is 3.62. The average molecular weight is 364 g/mol. The number of benzene rings is 1. The van der Waals surface area contributed by atoms with E-state index in [0.29, 0.717) is 12.0 Å². The summed E-state index contributed by atoms with van der Waals surface area (Å²) in [5.41, 5.74) is 0.317. The lowest BCUT2D eigenvalue weighted by Crippen LogP contribution is -2.26. The van der Waals surface area contributed by atoms with Crippen LogP contribution in [0.3, 0.4) is 0 Å². The molecule has 0 spiro atoms. The third kappa shape index (κ3) is 3.20. The molecule has 1 N–H and O–H groups in total. The van der Waals surface area contributed by atoms with Crippen LogP contribution >= 0.6 is 0 Å². The van der Waals surface area contributed by atoms with Crippen LogP contribution in [-0.2, 0) is 24.3 Å². The molecule has 1 amide bonds. The van der Waals surface area contributed by atoms with E-state index < -0.39 is 17.5 Å². The van der Waals surface area contributed by atoms with Crippen molar-refractivity contribution in [2.75, 3.05) is 0 Å². The first kappa shape index (κ1) is 17.1. The quantitative estimate of drug-likeness (QED) is 0.849. The largest absolute Gasteiger partial charge is 0.349 e. The first-order chi connectivity index (χ1) is 12.5. The van der Waals surface area contributed by atoms with Crippen LogP contribution in [0.15, 0.2) is 12.1 Å². The van der Waals surface area contributed by atoms with Gasteiger partial charge in [0, 0.05) is 18.9 Å². The number of nitrogens with one attached hydrogen (secondary N) is 1. The summed E-state index contributed by atoms with van der Waals surface area (Å²) in [5, 5.41) is 11.2. The molecule has 0 bridgehead atoms. The molecule has 2 atom stereocenters. The van der Waals surface area contributed by atoms with Crippen LogP contribution in [0.5, 0.6) is 0 Å². The summed E-state index contributed by atoms with van der Waals surface area (Å²) >= 11 is 0. The lowest BCUT2D eigenvalue weighted by atomic mass is 10.1. The van der Waals surface area contributed by atoms with E-state index in [1.807, 2.05) is 0 Å². The molecule has 4 rings (SSSR count). The van der Waals surface area contributed by atoms with Crippen molar-refractivity contribution >= 4 is 5.91 Å². The molecule has 0 unspecified atom stereocenters. The highest BCUT2D eigenvalue weighted by molar-refractivity contribution is 5.82. The maximum absolute atomic E-state index is 13.4. The number of carbonyl (C=O) groups excluding carboxylic acids is 1. The number of hydrogen-bond acceptors (Lipinski definition) is 3. The van der Waals surface area contributed by atoms with E-state index in [2.05, 4.69) is 20.1 Å². The number of rotatable bonds is 4. The van der Waals surface area contributed by atoms with Crippen LogP contribution in [0.4, 0.5) is 13.2 Å². The van der Waals surface area contributed by atoms with Gasteiger partial charge in [-0.05, 0) is 42.9 Å². The smallest absolute Gasteiger partial charge is 0.224 e. The van der Waals surface area contributed by atoms with E-state index in [9.17, 15) is 18.0 Å². The summed E-state index contributed by atoms with van der Waals surface area (Å²) in [6.07, 6.45) is 4.71. The molecule has 1 saturated carbocycles. The molecule has 2 aromatic rings. The van der Waals surface area contributed by atoms with Crippen LogP contribution in [0.1, 0.15) is 48.8 Å². The Balaban J connectivity index is 1.38. The Morgan fingerprint density at radius 1 is 1.15 bits per heavy atom. The van der Waals surface area contributed by atoms with Gasteiger partial charge in [0.2, 0.25) is 5.91 Å². The minimum Gasteiger partial charge on any atom is -0.349 e. The second kappa shape index (κ2) is 6.74. The average Bonchev–Trinajstić information content (AvgIpc) is 3.38. The van der Waals surface area contributed by atoms with Gasteiger partial charge < -0.3 is 9.88 Å². The molecule has 5 nitrogen and oxygen atoms in total. The first-order valence-electron chi connectivity index (χ1n) is 8.87. The monoisotopic (exact) mass is 364 g/mol. The molecule has 1 fully saturated rings. The molecule has 1 aromatic heterocycles. The molecule has 1 aliphatic heterocycles. The Labute approximate surface area is 148 Å². The summed E-state index contributed by atoms with van der Waals surface area (Å²) in [6.45, 7) is 1.13. The van der Waals surface area contributed by atoms with Gasteiger partial charge in [-0.3, -0.25) is 4.79 Å². The van der Waals surface area contributed by atoms with Gasteiger partial charge in [-0.15, -0.1) is 10.2 Å². The normalized spacial score (nSPS) is 21.8. The van der Waals surface area contributed by atoms with Gasteiger partial charge in [-0.25, -0.2) is 13.2 Å². The molecule has 0 radical (unpaired) electrons. The van der Waals surface area contributed by atoms with Crippen molar-refractivity contribution in [3.8, 4) is 0 Å². The van der Waals surface area contributed by atoms with Crippen LogP contribution in [-0.4, -0.2) is 20.7 Å². The molecule has 26 heavy (non-hydrogen) atoms. The van der Waals surface area contributed by atoms with Crippen molar-refractivity contribution in [1.29, 1.82) is 0 Å². The first-order valence-corrected chi connectivity index (χ1v) is 8.87. The molecule has 2 aliphatic rings. The highest BCUT2D eigenvalue weighted by Gasteiger charge is 2.44. The topological polar surface area (TPSA) is 59.8 Å². The maximum atomic E-state index is 13.4. The molecule has 8 heteroatoms. The summed E-state index contributed by atoms with van der Waals surface area (Å²) in [4.78, 5) is 12.3. The number of fused-ring (bicyclic) bond motifs is 1. The SMILES string of the molecule is O=C(NCc1nnc2n1CCCCC2)[C@@H]1C[C@H]1c1cc(F)c(F)c(F)c1. The van der Waals surface area contributed by atoms with Gasteiger partial charge in [-0.1, -0.05) is 6.42 Å². The maximum Gasteiger partial charge on any atom is 0.224 e. The number of amides is 1. The van der Waals surface area contributed by atoms with Crippen molar-refractivity contribution in [3.63, 3.8) is 0 Å². The van der Waals surface area contributed by atoms with E-state index in [1.54, 1.807) is 0 Å². The van der Waals surface area contributed by atoms with E-state index in [1.165, 1.54) is 0 Å². The molecule has 1 aromatic carbocycles. The van der Waals surface area contributed by atoms with Crippen LogP contribution in [0, 0.1) is 23.4 Å². The van der Waals surface area contributed by atoms with Gasteiger partial charge in [-0.2, -0.15) is 0 Å². The Morgan fingerprint density at radius 2 is 1.92 bits per heavy atom. The predicted molar refractivity (Wildman–Crippen MR) is 86.6 cm³/mol. The summed E-state index contributed by atoms with van der Waals surface area (Å²) in [6, 6.07) is 1.93. The van der Waals surface area contributed by atoms with Crippen molar-refractivity contribution in [2.24, 2.45) is 5.92 Å². The summed E-state index contributed by atoms with van der Waals surface area (Å²) < 4.78 is 41.8. The van der Waals surface area contributed by atoms with Gasteiger partial charge >= 0.3 is 0 Å². The predicted octanol–water partition coefficient (Wildman–Crippen LogP) is 2.84. The lowest BCUT2D eigenvalue weighted by molar-refractivity contribution is -0.122. The fourth-order valence-corrected chi connectivity index (χ4v) is 3.62. The third-order valence-corrected chi connectivity index (χ3v) is 5.17. The van der Waals surface area contributed by atoms with E-state index in [0.717, 1.165) is 56.0 Å². The standard InChI is InChI=1S/C18H19F3N4O/c19-13-6-10(7-14(20)17(13)21)11-8-12(11)18(26)22-9-16-24-23-15-4-2-1-3-5-25(15)16/h6-7,11-12H,1-5,8-9H2,(H,22,26)/t11-,12+/m0/s1. The molecular formula is C18H19F3N4O. The second-order valence-electron chi connectivity index (χ2n) is 6.96. The summed E-state index contributed by atoms with van der Waals surface area (Å²) in [7, 11) is 0. The highest BCUT2D eigenvalue weighted by atomic mass is 19.2. The van der Waals surface area contributed by atoms with Gasteiger partial charge in [0.25, 0.3) is 0 Å². The van der Waals surface area contributed by atoms with Gasteiger partial charge in [0.05, 0.1) is 6.54 Å². The number of hydrogen-bond donors (Lipinski definition) is 1. The zero-order valence-corrected chi connectivity index (χ0v) is 14.1. The minimum absolute atomic E-state index is 0.189. The Morgan fingerprint density at radius 3 is 2.69 bits per heavy atom.